The largest absolute Gasteiger partial charge is 0.444 e. The number of hydrogen-bond acceptors (Lipinski definition) is 4. The van der Waals surface area contributed by atoms with Crippen LogP contribution < -0.4 is 5.32 Å². The Bertz CT molecular complexity index is 375. The minimum Gasteiger partial charge on any atom is -0.444 e. The van der Waals surface area contributed by atoms with Crippen molar-refractivity contribution in [2.24, 2.45) is 11.3 Å². The number of amides is 1. The van der Waals surface area contributed by atoms with E-state index in [9.17, 15) is 9.90 Å². The molecule has 22 heavy (non-hydrogen) atoms. The van der Waals surface area contributed by atoms with Crippen LogP contribution in [0.4, 0.5) is 4.79 Å². The van der Waals surface area contributed by atoms with E-state index in [1.807, 2.05) is 34.6 Å². The lowest BCUT2D eigenvalue weighted by atomic mass is 9.80. The summed E-state index contributed by atoms with van der Waals surface area (Å²) in [7, 11) is 0. The molecule has 1 fully saturated rings. The third-order valence-electron chi connectivity index (χ3n) is 4.12. The van der Waals surface area contributed by atoms with Crippen LogP contribution in [0.3, 0.4) is 0 Å². The zero-order valence-corrected chi connectivity index (χ0v) is 15.3. The molecule has 2 N–H and O–H groups in total. The molecule has 0 spiro atoms. The van der Waals surface area contributed by atoms with E-state index in [0.29, 0.717) is 6.54 Å². The standard InChI is InChI=1S/C17H34N2O3/c1-12(2)14(20)17(6,7)11-18-13-8-9-19(10-13)15(21)22-16(3,4)5/h12-14,18,20H,8-11H2,1-7H3. The van der Waals surface area contributed by atoms with E-state index >= 15 is 0 Å². The summed E-state index contributed by atoms with van der Waals surface area (Å²) < 4.78 is 5.40. The Hall–Kier alpha value is -0.810. The smallest absolute Gasteiger partial charge is 0.410 e. The molecule has 1 heterocycles. The monoisotopic (exact) mass is 314 g/mol. The van der Waals surface area contributed by atoms with E-state index in [-0.39, 0.29) is 29.6 Å². The number of carbonyl (C=O) groups excluding carboxylic acids is 1. The van der Waals surface area contributed by atoms with Gasteiger partial charge in [0.15, 0.2) is 0 Å². The van der Waals surface area contributed by atoms with Crippen LogP contribution in [-0.2, 0) is 4.74 Å². The van der Waals surface area contributed by atoms with Crippen molar-refractivity contribution >= 4 is 6.09 Å². The molecule has 1 saturated heterocycles. The number of ether oxygens (including phenoxy) is 1. The summed E-state index contributed by atoms with van der Waals surface area (Å²) in [5.74, 6) is 0.235. The van der Waals surface area contributed by atoms with Crippen LogP contribution in [0.25, 0.3) is 0 Å². The van der Waals surface area contributed by atoms with Gasteiger partial charge in [0.1, 0.15) is 5.60 Å². The van der Waals surface area contributed by atoms with Gasteiger partial charge in [-0.25, -0.2) is 4.79 Å². The van der Waals surface area contributed by atoms with Gasteiger partial charge in [-0.1, -0.05) is 27.7 Å². The van der Waals surface area contributed by atoms with Gasteiger partial charge < -0.3 is 20.1 Å². The van der Waals surface area contributed by atoms with Crippen molar-refractivity contribution in [3.05, 3.63) is 0 Å². The molecule has 5 nitrogen and oxygen atoms in total. The summed E-state index contributed by atoms with van der Waals surface area (Å²) in [4.78, 5) is 13.8. The lowest BCUT2D eigenvalue weighted by Crippen LogP contribution is -2.46. The van der Waals surface area contributed by atoms with Crippen LogP contribution in [0, 0.1) is 11.3 Å². The maximum Gasteiger partial charge on any atom is 0.410 e. The molecule has 2 unspecified atom stereocenters. The second-order valence-electron chi connectivity index (χ2n) is 8.47. The molecule has 0 aliphatic carbocycles. The SMILES string of the molecule is CC(C)C(O)C(C)(C)CNC1CCN(C(=O)OC(C)(C)C)C1. The molecule has 1 aliphatic rings. The number of hydrogen-bond donors (Lipinski definition) is 2. The summed E-state index contributed by atoms with van der Waals surface area (Å²) in [5, 5.41) is 13.8. The number of carbonyl (C=O) groups is 1. The number of likely N-dealkylation sites (tertiary alicyclic amines) is 1. The lowest BCUT2D eigenvalue weighted by Gasteiger charge is -2.34. The first-order chi connectivity index (χ1) is 9.92. The molecule has 1 amide bonds. The molecule has 0 bridgehead atoms. The van der Waals surface area contributed by atoms with Gasteiger partial charge in [0.2, 0.25) is 0 Å². The van der Waals surface area contributed by atoms with Crippen LogP contribution in [0.1, 0.15) is 54.9 Å². The Morgan fingerprint density at radius 2 is 1.91 bits per heavy atom. The zero-order chi connectivity index (χ0) is 17.1. The molecule has 0 aromatic rings. The Kier molecular flexibility index (Phi) is 6.27. The fourth-order valence-electron chi connectivity index (χ4n) is 2.83. The Labute approximate surface area is 135 Å². The van der Waals surface area contributed by atoms with E-state index in [1.54, 1.807) is 4.90 Å². The summed E-state index contributed by atoms with van der Waals surface area (Å²) >= 11 is 0. The summed E-state index contributed by atoms with van der Waals surface area (Å²) in [5.41, 5.74) is -0.639. The van der Waals surface area contributed by atoms with Crippen molar-refractivity contribution in [2.45, 2.75) is 72.6 Å². The van der Waals surface area contributed by atoms with E-state index in [1.165, 1.54) is 0 Å². The van der Waals surface area contributed by atoms with Crippen molar-refractivity contribution in [1.82, 2.24) is 10.2 Å². The number of rotatable bonds is 5. The number of aliphatic hydroxyl groups excluding tert-OH is 1. The predicted molar refractivity (Wildman–Crippen MR) is 88.8 cm³/mol. The van der Waals surface area contributed by atoms with Gasteiger partial charge in [0.05, 0.1) is 6.10 Å². The van der Waals surface area contributed by atoms with Gasteiger partial charge in [-0.15, -0.1) is 0 Å². The number of nitrogens with zero attached hydrogens (tertiary/aromatic N) is 1. The van der Waals surface area contributed by atoms with Gasteiger partial charge in [0, 0.05) is 31.1 Å². The lowest BCUT2D eigenvalue weighted by molar-refractivity contribution is 0.0118. The third-order valence-corrected chi connectivity index (χ3v) is 4.12. The molecule has 1 aliphatic heterocycles. The molecule has 0 saturated carbocycles. The first-order valence-corrected chi connectivity index (χ1v) is 8.32. The number of nitrogens with one attached hydrogen (secondary N) is 1. The van der Waals surface area contributed by atoms with Crippen LogP contribution >= 0.6 is 0 Å². The molecule has 5 heteroatoms. The minimum absolute atomic E-state index is 0.187. The van der Waals surface area contributed by atoms with Gasteiger partial charge in [-0.3, -0.25) is 0 Å². The topological polar surface area (TPSA) is 61.8 Å². The van der Waals surface area contributed by atoms with Crippen molar-refractivity contribution in [3.63, 3.8) is 0 Å². The van der Waals surface area contributed by atoms with Gasteiger partial charge >= 0.3 is 6.09 Å². The highest BCUT2D eigenvalue weighted by Gasteiger charge is 2.33. The Balaban J connectivity index is 2.43. The molecular weight excluding hydrogens is 280 g/mol. The van der Waals surface area contributed by atoms with Crippen LogP contribution in [0.2, 0.25) is 0 Å². The van der Waals surface area contributed by atoms with Gasteiger partial charge in [-0.05, 0) is 33.1 Å². The van der Waals surface area contributed by atoms with Crippen LogP contribution in [-0.4, -0.2) is 53.5 Å². The first-order valence-electron chi connectivity index (χ1n) is 8.32. The molecular formula is C17H34N2O3. The average molecular weight is 314 g/mol. The highest BCUT2D eigenvalue weighted by atomic mass is 16.6. The highest BCUT2D eigenvalue weighted by Crippen LogP contribution is 2.26. The van der Waals surface area contributed by atoms with Crippen LogP contribution in [0.15, 0.2) is 0 Å². The van der Waals surface area contributed by atoms with E-state index < -0.39 is 5.60 Å². The summed E-state index contributed by atoms with van der Waals surface area (Å²) in [6.07, 6.45) is 0.342. The number of aliphatic hydroxyl groups is 1. The van der Waals surface area contributed by atoms with Gasteiger partial charge in [-0.2, -0.15) is 0 Å². The molecule has 130 valence electrons. The average Bonchev–Trinajstić information content (AvgIpc) is 2.82. The zero-order valence-electron chi connectivity index (χ0n) is 15.3. The Morgan fingerprint density at radius 1 is 1.32 bits per heavy atom. The highest BCUT2D eigenvalue weighted by molar-refractivity contribution is 5.68. The first kappa shape index (κ1) is 19.2. The van der Waals surface area contributed by atoms with Crippen molar-refractivity contribution < 1.29 is 14.6 Å². The van der Waals surface area contributed by atoms with Gasteiger partial charge in [0.25, 0.3) is 0 Å². The van der Waals surface area contributed by atoms with Crippen molar-refractivity contribution in [1.29, 1.82) is 0 Å². The molecule has 0 radical (unpaired) electrons. The Morgan fingerprint density at radius 3 is 2.41 bits per heavy atom. The maximum atomic E-state index is 12.0. The van der Waals surface area contributed by atoms with Crippen molar-refractivity contribution in [2.75, 3.05) is 19.6 Å². The molecule has 1 rings (SSSR count). The quantitative estimate of drug-likeness (QED) is 0.819. The molecule has 2 atom stereocenters. The summed E-state index contributed by atoms with van der Waals surface area (Å²) in [6.45, 7) is 16.0. The van der Waals surface area contributed by atoms with E-state index in [0.717, 1.165) is 19.5 Å². The molecule has 0 aromatic heterocycles. The third kappa shape index (κ3) is 5.76. The fourth-order valence-corrected chi connectivity index (χ4v) is 2.83. The molecule has 0 aromatic carbocycles. The van der Waals surface area contributed by atoms with E-state index in [4.69, 9.17) is 4.74 Å². The fraction of sp³-hybridized carbons (Fsp3) is 0.941. The second-order valence-corrected chi connectivity index (χ2v) is 8.47. The van der Waals surface area contributed by atoms with Crippen LogP contribution in [0.5, 0.6) is 0 Å². The summed E-state index contributed by atoms with van der Waals surface area (Å²) in [6, 6.07) is 0.270. The predicted octanol–water partition coefficient (Wildman–Crippen LogP) is 2.63. The maximum absolute atomic E-state index is 12.0. The second kappa shape index (κ2) is 7.18. The minimum atomic E-state index is -0.452. The van der Waals surface area contributed by atoms with E-state index in [2.05, 4.69) is 19.2 Å². The normalized spacial score (nSPS) is 21.3. The van der Waals surface area contributed by atoms with Crippen molar-refractivity contribution in [3.8, 4) is 0 Å².